The molecule has 6 heteroatoms. The summed E-state index contributed by atoms with van der Waals surface area (Å²) in [6.07, 6.45) is -0.141. The smallest absolute Gasteiger partial charge is 0.269 e. The maximum atomic E-state index is 11.8. The number of hydrazine groups is 1. The fourth-order valence-corrected chi connectivity index (χ4v) is 1.75. The van der Waals surface area contributed by atoms with E-state index in [0.29, 0.717) is 5.56 Å². The monoisotopic (exact) mass is 247 g/mol. The van der Waals surface area contributed by atoms with Gasteiger partial charge < -0.3 is 9.90 Å². The number of rotatable bonds is 3. The molecule has 1 atom stereocenters. The van der Waals surface area contributed by atoms with Crippen molar-refractivity contribution in [3.63, 3.8) is 0 Å². The van der Waals surface area contributed by atoms with Crippen LogP contribution in [0.3, 0.4) is 0 Å². The van der Waals surface area contributed by atoms with Crippen LogP contribution in [0.15, 0.2) is 30.3 Å². The number of hydrogen-bond donors (Lipinski definition) is 1. The molecular weight excluding hydrogens is 236 g/mol. The molecule has 0 radical (unpaired) electrons. The Morgan fingerprint density at radius 2 is 1.94 bits per heavy atom. The summed E-state index contributed by atoms with van der Waals surface area (Å²) < 4.78 is 0. The largest absolute Gasteiger partial charge is 0.550 e. The third kappa shape index (κ3) is 2.48. The molecule has 2 amide bonds. The summed E-state index contributed by atoms with van der Waals surface area (Å²) in [7, 11) is 0. The number of nitrogens with zero attached hydrogens (tertiary/aromatic N) is 1. The minimum Gasteiger partial charge on any atom is -0.550 e. The van der Waals surface area contributed by atoms with Crippen molar-refractivity contribution in [3.05, 3.63) is 35.9 Å². The Morgan fingerprint density at radius 3 is 2.50 bits per heavy atom. The van der Waals surface area contributed by atoms with E-state index in [-0.39, 0.29) is 13.0 Å². The first-order chi connectivity index (χ1) is 8.58. The Bertz CT molecular complexity index is 486. The van der Waals surface area contributed by atoms with Crippen molar-refractivity contribution in [2.45, 2.75) is 6.42 Å². The molecule has 1 aliphatic rings. The zero-order chi connectivity index (χ0) is 13.1. The van der Waals surface area contributed by atoms with Gasteiger partial charge in [0, 0.05) is 23.9 Å². The molecule has 0 aromatic heterocycles. The fraction of sp³-hybridized carbons (Fsp3) is 0.250. The summed E-state index contributed by atoms with van der Waals surface area (Å²) in [6, 6.07) is 8.37. The zero-order valence-electron chi connectivity index (χ0n) is 9.46. The van der Waals surface area contributed by atoms with Crippen LogP contribution in [0.1, 0.15) is 16.8 Å². The SMILES string of the molecule is O=C(NN1C[C@@H](C(=O)[O-])CC1=O)c1ccccc1. The highest BCUT2D eigenvalue weighted by atomic mass is 16.4. The average Bonchev–Trinajstić information content (AvgIpc) is 2.72. The lowest BCUT2D eigenvalue weighted by molar-refractivity contribution is -0.311. The minimum atomic E-state index is -1.28. The van der Waals surface area contributed by atoms with Crippen molar-refractivity contribution >= 4 is 17.8 Å². The molecule has 94 valence electrons. The average molecular weight is 247 g/mol. The summed E-state index contributed by atoms with van der Waals surface area (Å²) in [4.78, 5) is 33.9. The van der Waals surface area contributed by atoms with Gasteiger partial charge in [-0.2, -0.15) is 0 Å². The number of carboxylic acids is 1. The summed E-state index contributed by atoms with van der Waals surface area (Å²) >= 11 is 0. The molecule has 2 rings (SSSR count). The molecule has 1 heterocycles. The lowest BCUT2D eigenvalue weighted by Gasteiger charge is -2.18. The van der Waals surface area contributed by atoms with Crippen LogP contribution in [-0.4, -0.2) is 29.3 Å². The normalized spacial score (nSPS) is 18.8. The number of carboxylic acid groups (broad SMARTS) is 1. The molecular formula is C12H11N2O4-. The van der Waals surface area contributed by atoms with Crippen molar-refractivity contribution in [2.75, 3.05) is 6.54 Å². The Hall–Kier alpha value is -2.37. The van der Waals surface area contributed by atoms with Gasteiger partial charge in [-0.15, -0.1) is 0 Å². The van der Waals surface area contributed by atoms with Gasteiger partial charge in [-0.1, -0.05) is 18.2 Å². The maximum absolute atomic E-state index is 11.8. The van der Waals surface area contributed by atoms with Gasteiger partial charge in [-0.05, 0) is 12.1 Å². The molecule has 0 aliphatic carbocycles. The van der Waals surface area contributed by atoms with Gasteiger partial charge in [0.25, 0.3) is 5.91 Å². The van der Waals surface area contributed by atoms with E-state index in [9.17, 15) is 19.5 Å². The van der Waals surface area contributed by atoms with E-state index < -0.39 is 23.7 Å². The standard InChI is InChI=1S/C12H12N2O4/c15-10-6-9(12(17)18)7-14(10)13-11(16)8-4-2-1-3-5-8/h1-5,9H,6-7H2,(H,13,16)(H,17,18)/p-1/t9-/m0/s1. The molecule has 0 bridgehead atoms. The summed E-state index contributed by atoms with van der Waals surface area (Å²) in [6.45, 7) is -0.0558. The number of carbonyl (C=O) groups is 3. The van der Waals surface area contributed by atoms with E-state index >= 15 is 0 Å². The third-order valence-corrected chi connectivity index (χ3v) is 2.73. The van der Waals surface area contributed by atoms with Crippen LogP contribution in [0.5, 0.6) is 0 Å². The summed E-state index contributed by atoms with van der Waals surface area (Å²) in [5, 5.41) is 11.7. The van der Waals surface area contributed by atoms with Gasteiger partial charge >= 0.3 is 0 Å². The number of amides is 2. The molecule has 6 nitrogen and oxygen atoms in total. The Balaban J connectivity index is 2.01. The molecule has 18 heavy (non-hydrogen) atoms. The molecule has 1 aliphatic heterocycles. The van der Waals surface area contributed by atoms with Gasteiger partial charge in [-0.25, -0.2) is 0 Å². The highest BCUT2D eigenvalue weighted by Crippen LogP contribution is 2.15. The second-order valence-corrected chi connectivity index (χ2v) is 4.03. The van der Waals surface area contributed by atoms with Gasteiger partial charge in [-0.3, -0.25) is 20.0 Å². The summed E-state index contributed by atoms with van der Waals surface area (Å²) in [5.74, 6) is -3.01. The van der Waals surface area contributed by atoms with E-state index in [1.807, 2.05) is 0 Å². The molecule has 1 aromatic carbocycles. The molecule has 0 saturated carbocycles. The highest BCUT2D eigenvalue weighted by Gasteiger charge is 2.31. The third-order valence-electron chi connectivity index (χ3n) is 2.73. The Kier molecular flexibility index (Phi) is 3.27. The molecule has 1 aromatic rings. The van der Waals surface area contributed by atoms with E-state index in [1.165, 1.54) is 0 Å². The van der Waals surface area contributed by atoms with Crippen molar-refractivity contribution in [1.29, 1.82) is 0 Å². The van der Waals surface area contributed by atoms with Crippen molar-refractivity contribution in [1.82, 2.24) is 10.4 Å². The second kappa shape index (κ2) is 4.87. The van der Waals surface area contributed by atoms with E-state index in [1.54, 1.807) is 30.3 Å². The molecule has 0 unspecified atom stereocenters. The van der Waals surface area contributed by atoms with Gasteiger partial charge in [0.1, 0.15) is 0 Å². The van der Waals surface area contributed by atoms with E-state index in [2.05, 4.69) is 5.43 Å². The lowest BCUT2D eigenvalue weighted by atomic mass is 10.1. The fourth-order valence-electron chi connectivity index (χ4n) is 1.75. The molecule has 1 saturated heterocycles. The first kappa shape index (κ1) is 12.1. The van der Waals surface area contributed by atoms with Crippen LogP contribution in [-0.2, 0) is 9.59 Å². The van der Waals surface area contributed by atoms with Gasteiger partial charge in [0.2, 0.25) is 5.91 Å². The Morgan fingerprint density at radius 1 is 1.28 bits per heavy atom. The number of carbonyl (C=O) groups excluding carboxylic acids is 3. The number of nitrogens with one attached hydrogen (secondary N) is 1. The first-order valence-corrected chi connectivity index (χ1v) is 5.45. The van der Waals surface area contributed by atoms with Gasteiger partial charge in [0.15, 0.2) is 0 Å². The van der Waals surface area contributed by atoms with E-state index in [4.69, 9.17) is 0 Å². The summed E-state index contributed by atoms with van der Waals surface area (Å²) in [5.41, 5.74) is 2.79. The van der Waals surface area contributed by atoms with E-state index in [0.717, 1.165) is 5.01 Å². The predicted molar refractivity (Wildman–Crippen MR) is 58.7 cm³/mol. The highest BCUT2D eigenvalue weighted by molar-refractivity contribution is 5.96. The van der Waals surface area contributed by atoms with Crippen molar-refractivity contribution in [3.8, 4) is 0 Å². The number of benzene rings is 1. The minimum absolute atomic E-state index is 0.0558. The second-order valence-electron chi connectivity index (χ2n) is 4.03. The van der Waals surface area contributed by atoms with Crippen LogP contribution >= 0.6 is 0 Å². The van der Waals surface area contributed by atoms with Crippen LogP contribution in [0.4, 0.5) is 0 Å². The predicted octanol–water partition coefficient (Wildman–Crippen LogP) is -1.07. The number of aliphatic carboxylic acids is 1. The van der Waals surface area contributed by atoms with Crippen molar-refractivity contribution in [2.24, 2.45) is 5.92 Å². The van der Waals surface area contributed by atoms with Crippen molar-refractivity contribution < 1.29 is 19.5 Å². The van der Waals surface area contributed by atoms with Crippen LogP contribution in [0.25, 0.3) is 0 Å². The van der Waals surface area contributed by atoms with Crippen LogP contribution in [0, 0.1) is 5.92 Å². The molecule has 0 spiro atoms. The maximum Gasteiger partial charge on any atom is 0.269 e. The van der Waals surface area contributed by atoms with Gasteiger partial charge in [0.05, 0.1) is 6.54 Å². The zero-order valence-corrected chi connectivity index (χ0v) is 9.46. The van der Waals surface area contributed by atoms with Crippen LogP contribution in [0.2, 0.25) is 0 Å². The topological polar surface area (TPSA) is 89.5 Å². The Labute approximate surface area is 103 Å². The molecule has 1 N–H and O–H groups in total. The number of hydrogen-bond acceptors (Lipinski definition) is 4. The molecule has 1 fully saturated rings. The quantitative estimate of drug-likeness (QED) is 0.736. The lowest BCUT2D eigenvalue weighted by Crippen LogP contribution is -2.44. The first-order valence-electron chi connectivity index (χ1n) is 5.45. The van der Waals surface area contributed by atoms with Crippen LogP contribution < -0.4 is 10.5 Å².